The number of rotatable bonds is 6. The molecule has 170 valence electrons. The second-order valence-electron chi connectivity index (χ2n) is 7.88. The van der Waals surface area contributed by atoms with Crippen LogP contribution in [0.15, 0.2) is 95.5 Å². The average molecular weight is 489 g/mol. The molecule has 0 spiro atoms. The fourth-order valence-electron chi connectivity index (χ4n) is 4.04. The molecule has 2 N–H and O–H groups in total. The third-order valence-electron chi connectivity index (χ3n) is 5.62. The maximum absolute atomic E-state index is 12.9. The minimum atomic E-state index is -0.357. The molecule has 1 amide bonds. The average Bonchev–Trinajstić information content (AvgIpc) is 3.46. The van der Waals surface area contributed by atoms with E-state index in [0.717, 1.165) is 16.9 Å². The Hall–Kier alpha value is -3.68. The molecule has 1 aliphatic heterocycles. The first-order chi connectivity index (χ1) is 16.6. The number of halogens is 1. The number of amides is 1. The molecular formula is C26H21ClN4O2S. The van der Waals surface area contributed by atoms with Crippen LogP contribution in [0.25, 0.3) is 11.3 Å². The molecule has 1 saturated heterocycles. The summed E-state index contributed by atoms with van der Waals surface area (Å²) in [5.41, 5.74) is 2.45. The quantitative estimate of drug-likeness (QED) is 0.344. The van der Waals surface area contributed by atoms with Crippen molar-refractivity contribution < 1.29 is 9.21 Å². The number of thiocarbonyl (C=S) groups is 1. The summed E-state index contributed by atoms with van der Waals surface area (Å²) in [7, 11) is 0. The van der Waals surface area contributed by atoms with Crippen LogP contribution >= 0.6 is 23.8 Å². The molecule has 2 atom stereocenters. The normalized spacial score (nSPS) is 17.4. The summed E-state index contributed by atoms with van der Waals surface area (Å²) in [5, 5.41) is 7.38. The maximum atomic E-state index is 12.9. The van der Waals surface area contributed by atoms with Crippen LogP contribution < -0.4 is 10.6 Å². The van der Waals surface area contributed by atoms with E-state index in [1.165, 1.54) is 0 Å². The Balaban J connectivity index is 1.46. The van der Waals surface area contributed by atoms with Crippen molar-refractivity contribution in [3.8, 4) is 11.3 Å². The molecular weight excluding hydrogens is 468 g/mol. The van der Waals surface area contributed by atoms with Crippen molar-refractivity contribution in [1.82, 2.24) is 15.2 Å². The van der Waals surface area contributed by atoms with E-state index in [0.29, 0.717) is 21.7 Å². The molecule has 8 heteroatoms. The lowest BCUT2D eigenvalue weighted by Gasteiger charge is -2.25. The third-order valence-corrected chi connectivity index (χ3v) is 6.22. The van der Waals surface area contributed by atoms with E-state index in [9.17, 15) is 4.79 Å². The predicted molar refractivity (Wildman–Crippen MR) is 136 cm³/mol. The first kappa shape index (κ1) is 22.1. The topological polar surface area (TPSA) is 70.4 Å². The summed E-state index contributed by atoms with van der Waals surface area (Å²) in [4.78, 5) is 19.3. The Labute approximate surface area is 207 Å². The van der Waals surface area contributed by atoms with Gasteiger partial charge in [0.1, 0.15) is 24.1 Å². The van der Waals surface area contributed by atoms with Crippen molar-refractivity contribution in [2.75, 3.05) is 11.9 Å². The number of furan rings is 1. The van der Waals surface area contributed by atoms with Crippen molar-refractivity contribution in [2.45, 2.75) is 12.1 Å². The zero-order valence-corrected chi connectivity index (χ0v) is 19.6. The lowest BCUT2D eigenvalue weighted by Crippen LogP contribution is -2.36. The molecule has 1 fully saturated rings. The van der Waals surface area contributed by atoms with E-state index in [1.54, 1.807) is 6.20 Å². The molecule has 2 aromatic carbocycles. The second kappa shape index (κ2) is 9.67. The number of carbonyl (C=O) groups is 1. The zero-order chi connectivity index (χ0) is 23.5. The van der Waals surface area contributed by atoms with Gasteiger partial charge in [0.15, 0.2) is 5.11 Å². The Morgan fingerprint density at radius 3 is 2.53 bits per heavy atom. The van der Waals surface area contributed by atoms with Crippen LogP contribution in [-0.4, -0.2) is 27.4 Å². The summed E-state index contributed by atoms with van der Waals surface area (Å²) in [6.07, 6.45) is 1.74. The van der Waals surface area contributed by atoms with Gasteiger partial charge in [-0.2, -0.15) is 0 Å². The van der Waals surface area contributed by atoms with Crippen LogP contribution in [0.5, 0.6) is 0 Å². The van der Waals surface area contributed by atoms with Gasteiger partial charge in [-0.15, -0.1) is 0 Å². The van der Waals surface area contributed by atoms with Gasteiger partial charge in [0.05, 0.1) is 11.7 Å². The molecule has 34 heavy (non-hydrogen) atoms. The minimum absolute atomic E-state index is 0.0612. The van der Waals surface area contributed by atoms with Crippen LogP contribution in [0.1, 0.15) is 23.5 Å². The molecule has 0 radical (unpaired) electrons. The standard InChI is InChI=1S/C26H21ClN4O2S/c27-18-11-9-17(10-12-18)21-13-14-22(33-21)25-24(20-8-4-5-15-28-20)30-26(34)31(25)16-23(32)29-19-6-2-1-3-7-19/h1-15,24-25H,16H2,(H,29,32)(H,30,34)/t24-,25-/m0/s1. The zero-order valence-electron chi connectivity index (χ0n) is 18.0. The van der Waals surface area contributed by atoms with Gasteiger partial charge < -0.3 is 20.0 Å². The van der Waals surface area contributed by atoms with E-state index < -0.39 is 0 Å². The molecule has 0 unspecified atom stereocenters. The largest absolute Gasteiger partial charge is 0.459 e. The number of nitrogens with one attached hydrogen (secondary N) is 2. The summed E-state index contributed by atoms with van der Waals surface area (Å²) >= 11 is 11.7. The van der Waals surface area contributed by atoms with Gasteiger partial charge in [0.25, 0.3) is 0 Å². The SMILES string of the molecule is O=C(CN1C(=S)N[C@@H](c2ccccn2)[C@@H]1c1ccc(-c2ccc(Cl)cc2)o1)Nc1ccccc1. The summed E-state index contributed by atoms with van der Waals surface area (Å²) < 4.78 is 6.28. The molecule has 0 aliphatic carbocycles. The lowest BCUT2D eigenvalue weighted by molar-refractivity contribution is -0.116. The molecule has 3 heterocycles. The molecule has 6 nitrogen and oxygen atoms in total. The van der Waals surface area contributed by atoms with E-state index in [2.05, 4.69) is 15.6 Å². The van der Waals surface area contributed by atoms with Crippen molar-refractivity contribution in [3.05, 3.63) is 108 Å². The highest BCUT2D eigenvalue weighted by Crippen LogP contribution is 2.40. The maximum Gasteiger partial charge on any atom is 0.244 e. The van der Waals surface area contributed by atoms with Crippen molar-refractivity contribution in [2.24, 2.45) is 0 Å². The van der Waals surface area contributed by atoms with Crippen LogP contribution in [0.3, 0.4) is 0 Å². The van der Waals surface area contributed by atoms with Crippen molar-refractivity contribution in [1.29, 1.82) is 0 Å². The summed E-state index contributed by atoms with van der Waals surface area (Å²) in [6, 6.07) is 25.7. The second-order valence-corrected chi connectivity index (χ2v) is 8.70. The monoisotopic (exact) mass is 488 g/mol. The Morgan fingerprint density at radius 2 is 1.79 bits per heavy atom. The van der Waals surface area contributed by atoms with E-state index >= 15 is 0 Å². The number of anilines is 1. The van der Waals surface area contributed by atoms with Gasteiger partial charge in [-0.1, -0.05) is 35.9 Å². The van der Waals surface area contributed by atoms with Crippen LogP contribution in [0.4, 0.5) is 5.69 Å². The summed E-state index contributed by atoms with van der Waals surface area (Å²) in [6.45, 7) is 0.0612. The molecule has 1 aliphatic rings. The number of nitrogens with zero attached hydrogens (tertiary/aromatic N) is 2. The smallest absolute Gasteiger partial charge is 0.244 e. The highest BCUT2D eigenvalue weighted by molar-refractivity contribution is 7.80. The van der Waals surface area contributed by atoms with Crippen LogP contribution in [-0.2, 0) is 4.79 Å². The van der Waals surface area contributed by atoms with Crippen LogP contribution in [0.2, 0.25) is 5.02 Å². The van der Waals surface area contributed by atoms with Crippen molar-refractivity contribution >= 4 is 40.5 Å². The predicted octanol–water partition coefficient (Wildman–Crippen LogP) is 5.61. The number of aromatic nitrogens is 1. The Kier molecular flexibility index (Phi) is 6.29. The number of benzene rings is 2. The van der Waals surface area contributed by atoms with Gasteiger partial charge in [-0.25, -0.2) is 0 Å². The van der Waals surface area contributed by atoms with E-state index in [4.69, 9.17) is 28.2 Å². The Bertz CT molecular complexity index is 1300. The molecule has 5 rings (SSSR count). The van der Waals surface area contributed by atoms with Gasteiger partial charge in [0, 0.05) is 22.5 Å². The van der Waals surface area contributed by atoms with Crippen LogP contribution in [0, 0.1) is 0 Å². The van der Waals surface area contributed by atoms with Gasteiger partial charge in [-0.05, 0) is 72.9 Å². The fourth-order valence-corrected chi connectivity index (χ4v) is 4.47. The highest BCUT2D eigenvalue weighted by Gasteiger charge is 2.42. The first-order valence-corrected chi connectivity index (χ1v) is 11.6. The van der Waals surface area contributed by atoms with Gasteiger partial charge in [0.2, 0.25) is 5.91 Å². The summed E-state index contributed by atoms with van der Waals surface area (Å²) in [5.74, 6) is 1.21. The number of carbonyl (C=O) groups excluding carboxylic acids is 1. The third kappa shape index (κ3) is 4.66. The van der Waals surface area contributed by atoms with E-state index in [-0.39, 0.29) is 24.5 Å². The molecule has 0 bridgehead atoms. The molecule has 4 aromatic rings. The minimum Gasteiger partial charge on any atom is -0.459 e. The fraction of sp³-hybridized carbons (Fsp3) is 0.115. The molecule has 2 aromatic heterocycles. The highest BCUT2D eigenvalue weighted by atomic mass is 35.5. The lowest BCUT2D eigenvalue weighted by atomic mass is 10.0. The molecule has 0 saturated carbocycles. The number of hydrogen-bond donors (Lipinski definition) is 2. The van der Waals surface area contributed by atoms with Gasteiger partial charge in [-0.3, -0.25) is 9.78 Å². The Morgan fingerprint density at radius 1 is 1.03 bits per heavy atom. The number of para-hydroxylation sites is 1. The van der Waals surface area contributed by atoms with Crippen molar-refractivity contribution in [3.63, 3.8) is 0 Å². The van der Waals surface area contributed by atoms with Gasteiger partial charge >= 0.3 is 0 Å². The number of hydrogen-bond acceptors (Lipinski definition) is 4. The van der Waals surface area contributed by atoms with E-state index in [1.807, 2.05) is 89.8 Å². The first-order valence-electron chi connectivity index (χ1n) is 10.8. The number of pyridine rings is 1.